The van der Waals surface area contributed by atoms with Crippen molar-refractivity contribution in [3.05, 3.63) is 57.5 Å². The number of benzene rings is 1. The molecule has 2 aromatic rings. The highest BCUT2D eigenvalue weighted by Crippen LogP contribution is 2.29. The van der Waals surface area contributed by atoms with Crippen LogP contribution in [0.3, 0.4) is 0 Å². The van der Waals surface area contributed by atoms with Crippen LogP contribution in [0.1, 0.15) is 37.2 Å². The van der Waals surface area contributed by atoms with Crippen molar-refractivity contribution >= 4 is 29.2 Å². The molecule has 0 aliphatic carbocycles. The molecule has 4 nitrogen and oxygen atoms in total. The average molecular weight is 381 g/mol. The Kier molecular flexibility index (Phi) is 5.30. The molecule has 25 heavy (non-hydrogen) atoms. The summed E-state index contributed by atoms with van der Waals surface area (Å²) in [5.41, 5.74) is 1.88. The van der Waals surface area contributed by atoms with Crippen LogP contribution in [0.4, 0.5) is 4.79 Å². The molecule has 0 saturated heterocycles. The first-order valence-electron chi connectivity index (χ1n) is 8.40. The summed E-state index contributed by atoms with van der Waals surface area (Å²) in [7, 11) is 0. The lowest BCUT2D eigenvalue weighted by Gasteiger charge is -2.28. The molecule has 0 bridgehead atoms. The van der Waals surface area contributed by atoms with Crippen LogP contribution >= 0.6 is 23.2 Å². The molecule has 0 atom stereocenters. The molecular formula is C19H22Cl2N2O2. The average Bonchev–Trinajstić information content (AvgIpc) is 2.92. The number of halogens is 2. The van der Waals surface area contributed by atoms with Crippen LogP contribution in [-0.2, 0) is 18.4 Å². The monoisotopic (exact) mass is 380 g/mol. The third-order valence-corrected chi connectivity index (χ3v) is 5.44. The van der Waals surface area contributed by atoms with Crippen LogP contribution in [0.25, 0.3) is 0 Å². The number of nitrogens with zero attached hydrogens (tertiary/aromatic N) is 1. The number of rotatable bonds is 3. The highest BCUT2D eigenvalue weighted by atomic mass is 35.5. The van der Waals surface area contributed by atoms with Crippen molar-refractivity contribution < 1.29 is 9.21 Å². The van der Waals surface area contributed by atoms with Crippen molar-refractivity contribution in [1.82, 2.24) is 10.2 Å². The van der Waals surface area contributed by atoms with Crippen LogP contribution in [0.15, 0.2) is 34.9 Å². The first-order valence-corrected chi connectivity index (χ1v) is 9.16. The van der Waals surface area contributed by atoms with Gasteiger partial charge in [0.2, 0.25) is 0 Å². The number of urea groups is 1. The van der Waals surface area contributed by atoms with Crippen LogP contribution in [-0.4, -0.2) is 24.0 Å². The summed E-state index contributed by atoms with van der Waals surface area (Å²) < 4.78 is 5.48. The van der Waals surface area contributed by atoms with Gasteiger partial charge in [0.15, 0.2) is 0 Å². The molecule has 1 N–H and O–H groups in total. The summed E-state index contributed by atoms with van der Waals surface area (Å²) in [5, 5.41) is 4.12. The van der Waals surface area contributed by atoms with E-state index in [1.54, 1.807) is 12.3 Å². The number of aryl methyl sites for hydroxylation is 1. The maximum absolute atomic E-state index is 12.6. The molecule has 1 aromatic carbocycles. The SMILES string of the molecule is CC(C)(CNC(=O)N1CCCc2occc2C1)c1ccc(Cl)c(Cl)c1. The van der Waals surface area contributed by atoms with Crippen molar-refractivity contribution in [3.8, 4) is 0 Å². The fourth-order valence-electron chi connectivity index (χ4n) is 3.04. The van der Waals surface area contributed by atoms with Gasteiger partial charge >= 0.3 is 6.03 Å². The zero-order valence-electron chi connectivity index (χ0n) is 14.4. The second-order valence-corrected chi connectivity index (χ2v) is 7.88. The third kappa shape index (κ3) is 4.13. The Morgan fingerprint density at radius 2 is 2.08 bits per heavy atom. The Morgan fingerprint density at radius 3 is 2.84 bits per heavy atom. The number of carbonyl (C=O) groups excluding carboxylic acids is 1. The summed E-state index contributed by atoms with van der Waals surface area (Å²) in [4.78, 5) is 14.5. The summed E-state index contributed by atoms with van der Waals surface area (Å²) in [5.74, 6) is 0.992. The summed E-state index contributed by atoms with van der Waals surface area (Å²) in [6.45, 7) is 5.97. The topological polar surface area (TPSA) is 45.5 Å². The van der Waals surface area contributed by atoms with Gasteiger partial charge in [-0.15, -0.1) is 0 Å². The van der Waals surface area contributed by atoms with E-state index in [1.807, 2.05) is 23.1 Å². The molecule has 1 aliphatic heterocycles. The molecule has 1 aliphatic rings. The van der Waals surface area contributed by atoms with Gasteiger partial charge in [-0.2, -0.15) is 0 Å². The number of hydrogen-bond acceptors (Lipinski definition) is 2. The van der Waals surface area contributed by atoms with Gasteiger partial charge in [-0.3, -0.25) is 0 Å². The highest BCUT2D eigenvalue weighted by molar-refractivity contribution is 6.42. The first-order chi connectivity index (χ1) is 11.9. The first kappa shape index (κ1) is 18.2. The third-order valence-electron chi connectivity index (χ3n) is 4.70. The summed E-state index contributed by atoms with van der Waals surface area (Å²) in [6.07, 6.45) is 3.48. The van der Waals surface area contributed by atoms with E-state index in [0.29, 0.717) is 23.1 Å². The highest BCUT2D eigenvalue weighted by Gasteiger charge is 2.25. The fraction of sp³-hybridized carbons (Fsp3) is 0.421. The molecule has 3 rings (SSSR count). The Balaban J connectivity index is 1.64. The van der Waals surface area contributed by atoms with Gasteiger partial charge in [-0.1, -0.05) is 43.1 Å². The molecule has 0 radical (unpaired) electrons. The van der Waals surface area contributed by atoms with E-state index in [2.05, 4.69) is 19.2 Å². The summed E-state index contributed by atoms with van der Waals surface area (Å²) in [6, 6.07) is 7.49. The van der Waals surface area contributed by atoms with Crippen LogP contribution in [0, 0.1) is 0 Å². The van der Waals surface area contributed by atoms with Gasteiger partial charge in [-0.05, 0) is 30.2 Å². The zero-order chi connectivity index (χ0) is 18.0. The van der Waals surface area contributed by atoms with E-state index in [1.165, 1.54) is 0 Å². The molecular weight excluding hydrogens is 359 g/mol. The molecule has 0 saturated carbocycles. The maximum atomic E-state index is 12.6. The number of fused-ring (bicyclic) bond motifs is 1. The number of hydrogen-bond donors (Lipinski definition) is 1. The van der Waals surface area contributed by atoms with Gasteiger partial charge in [0.25, 0.3) is 0 Å². The Labute approximate surface area is 158 Å². The van der Waals surface area contributed by atoms with Crippen molar-refractivity contribution in [3.63, 3.8) is 0 Å². The minimum Gasteiger partial charge on any atom is -0.469 e. The number of nitrogens with one attached hydrogen (secondary N) is 1. The van der Waals surface area contributed by atoms with Crippen LogP contribution in [0.5, 0.6) is 0 Å². The van der Waals surface area contributed by atoms with Gasteiger partial charge in [-0.25, -0.2) is 4.79 Å². The number of carbonyl (C=O) groups is 1. The second kappa shape index (κ2) is 7.30. The quantitative estimate of drug-likeness (QED) is 0.811. The molecule has 1 aromatic heterocycles. The standard InChI is InChI=1S/C19H22Cl2N2O2/c1-19(2,14-5-6-15(20)16(21)10-14)12-22-18(24)23-8-3-4-17-13(11-23)7-9-25-17/h5-7,9-10H,3-4,8,11-12H2,1-2H3,(H,22,24). The Morgan fingerprint density at radius 1 is 1.28 bits per heavy atom. The lowest BCUT2D eigenvalue weighted by atomic mass is 9.84. The number of amides is 2. The maximum Gasteiger partial charge on any atom is 0.317 e. The van der Waals surface area contributed by atoms with Gasteiger partial charge in [0.05, 0.1) is 22.9 Å². The molecule has 0 unspecified atom stereocenters. The van der Waals surface area contributed by atoms with E-state index < -0.39 is 0 Å². The van der Waals surface area contributed by atoms with Gasteiger partial charge < -0.3 is 14.6 Å². The second-order valence-electron chi connectivity index (χ2n) is 7.07. The van der Waals surface area contributed by atoms with Crippen molar-refractivity contribution in [2.45, 2.75) is 38.6 Å². The van der Waals surface area contributed by atoms with Gasteiger partial charge in [0.1, 0.15) is 5.76 Å². The fourth-order valence-corrected chi connectivity index (χ4v) is 3.34. The predicted octanol–water partition coefficient (Wildman–Crippen LogP) is 5.02. The van der Waals surface area contributed by atoms with E-state index >= 15 is 0 Å². The van der Waals surface area contributed by atoms with Crippen molar-refractivity contribution in [2.24, 2.45) is 0 Å². The number of furan rings is 1. The molecule has 6 heteroatoms. The lowest BCUT2D eigenvalue weighted by molar-refractivity contribution is 0.193. The smallest absolute Gasteiger partial charge is 0.317 e. The largest absolute Gasteiger partial charge is 0.469 e. The van der Waals surface area contributed by atoms with Crippen molar-refractivity contribution in [2.75, 3.05) is 13.1 Å². The van der Waals surface area contributed by atoms with Crippen molar-refractivity contribution in [1.29, 1.82) is 0 Å². The van der Waals surface area contributed by atoms with Crippen LogP contribution in [0.2, 0.25) is 10.0 Å². The lowest BCUT2D eigenvalue weighted by Crippen LogP contribution is -2.44. The van der Waals surface area contributed by atoms with E-state index in [-0.39, 0.29) is 11.4 Å². The molecule has 2 heterocycles. The van der Waals surface area contributed by atoms with Crippen LogP contribution < -0.4 is 5.32 Å². The van der Waals surface area contributed by atoms with E-state index in [4.69, 9.17) is 27.6 Å². The zero-order valence-corrected chi connectivity index (χ0v) is 16.0. The molecule has 0 fully saturated rings. The van der Waals surface area contributed by atoms with E-state index in [0.717, 1.165) is 36.3 Å². The molecule has 0 spiro atoms. The minimum absolute atomic E-state index is 0.0535. The minimum atomic E-state index is -0.253. The Hall–Kier alpha value is -1.65. The molecule has 2 amide bonds. The summed E-state index contributed by atoms with van der Waals surface area (Å²) >= 11 is 12.1. The normalized spacial score (nSPS) is 14.8. The molecule has 134 valence electrons. The van der Waals surface area contributed by atoms with E-state index in [9.17, 15) is 4.79 Å². The predicted molar refractivity (Wildman–Crippen MR) is 100 cm³/mol. The Bertz CT molecular complexity index is 771. The van der Waals surface area contributed by atoms with Gasteiger partial charge in [0, 0.05) is 30.5 Å².